The molecule has 1 amide bonds. The van der Waals surface area contributed by atoms with Crippen LogP contribution in [0.2, 0.25) is 5.02 Å². The lowest BCUT2D eigenvalue weighted by molar-refractivity contribution is 0.1000. The first-order valence-corrected chi connectivity index (χ1v) is 13.3. The lowest BCUT2D eigenvalue weighted by Gasteiger charge is -2.24. The van der Waals surface area contributed by atoms with Gasteiger partial charge in [-0.15, -0.1) is 0 Å². The van der Waals surface area contributed by atoms with Gasteiger partial charge in [0.15, 0.2) is 11.6 Å². The van der Waals surface area contributed by atoms with Crippen LogP contribution in [-0.2, 0) is 4.74 Å². The molecule has 0 fully saturated rings. The van der Waals surface area contributed by atoms with Crippen LogP contribution in [-0.4, -0.2) is 45.4 Å². The largest absolute Gasteiger partial charge is 0.488 e. The van der Waals surface area contributed by atoms with Gasteiger partial charge in [-0.1, -0.05) is 54.9 Å². The van der Waals surface area contributed by atoms with Crippen molar-refractivity contribution in [3.63, 3.8) is 0 Å². The van der Waals surface area contributed by atoms with Gasteiger partial charge in [0.25, 0.3) is 0 Å². The van der Waals surface area contributed by atoms with Crippen LogP contribution in [0.25, 0.3) is 11.1 Å². The number of hydrogen-bond donors (Lipinski definition) is 3. The van der Waals surface area contributed by atoms with Gasteiger partial charge >= 0.3 is 0 Å². The highest BCUT2D eigenvalue weighted by Crippen LogP contribution is 2.39. The molecule has 3 aromatic carbocycles. The molecule has 6 nitrogen and oxygen atoms in total. The Balaban J connectivity index is 2.07. The van der Waals surface area contributed by atoms with Crippen LogP contribution >= 0.6 is 11.6 Å². The second kappa shape index (κ2) is 14.8. The Morgan fingerprint density at radius 3 is 2.50 bits per heavy atom. The summed E-state index contributed by atoms with van der Waals surface area (Å²) < 4.78 is 26.4. The highest BCUT2D eigenvalue weighted by Gasteiger charge is 2.24. The molecule has 0 aromatic heterocycles. The first kappa shape index (κ1) is 29.6. The van der Waals surface area contributed by atoms with Crippen LogP contribution in [0.3, 0.4) is 0 Å². The lowest BCUT2D eigenvalue weighted by Crippen LogP contribution is -2.33. The number of amides is 1. The fraction of sp³-hybridized carbons (Fsp3) is 0.367. The van der Waals surface area contributed by atoms with Gasteiger partial charge in [-0.2, -0.15) is 0 Å². The molecular weight excluding hydrogens is 505 g/mol. The summed E-state index contributed by atoms with van der Waals surface area (Å²) in [6.07, 6.45) is 2.92. The molecule has 3 rings (SSSR count). The molecule has 0 spiro atoms. The van der Waals surface area contributed by atoms with Crippen molar-refractivity contribution in [2.75, 3.05) is 33.4 Å². The molecule has 0 saturated heterocycles. The second-order valence-corrected chi connectivity index (χ2v) is 9.56. The predicted octanol–water partition coefficient (Wildman–Crippen LogP) is 5.51. The molecule has 3 aromatic rings. The van der Waals surface area contributed by atoms with Gasteiger partial charge in [0.1, 0.15) is 6.61 Å². The maximum absolute atomic E-state index is 15.8. The summed E-state index contributed by atoms with van der Waals surface area (Å²) in [6.45, 7) is 3.92. The SMILES string of the molecule is CC[C@H](CCCN)NCC(c1ccccc1)c1ccc(Cl)c(-c2c(C(N)=O)ccc(OCCOC)c2F)c1. The third kappa shape index (κ3) is 7.54. The average molecular weight is 542 g/mol. The number of nitrogens with one attached hydrogen (secondary N) is 1. The van der Waals surface area contributed by atoms with Crippen LogP contribution in [0.1, 0.15) is 53.6 Å². The van der Waals surface area contributed by atoms with E-state index in [0.717, 1.165) is 30.4 Å². The molecule has 0 aliphatic rings. The number of rotatable bonds is 15. The summed E-state index contributed by atoms with van der Waals surface area (Å²) in [6, 6.07) is 18.8. The maximum atomic E-state index is 15.8. The lowest BCUT2D eigenvalue weighted by atomic mass is 9.88. The van der Waals surface area contributed by atoms with Gasteiger partial charge in [-0.05, 0) is 61.2 Å². The van der Waals surface area contributed by atoms with E-state index in [2.05, 4.69) is 24.4 Å². The molecule has 204 valence electrons. The smallest absolute Gasteiger partial charge is 0.249 e. The van der Waals surface area contributed by atoms with Gasteiger partial charge in [0.05, 0.1) is 12.2 Å². The van der Waals surface area contributed by atoms with Crippen molar-refractivity contribution in [1.82, 2.24) is 5.32 Å². The predicted molar refractivity (Wildman–Crippen MR) is 151 cm³/mol. The van der Waals surface area contributed by atoms with E-state index < -0.39 is 11.7 Å². The van der Waals surface area contributed by atoms with E-state index in [4.69, 9.17) is 32.5 Å². The van der Waals surface area contributed by atoms with E-state index in [-0.39, 0.29) is 29.4 Å². The van der Waals surface area contributed by atoms with Crippen molar-refractivity contribution in [3.05, 3.63) is 88.2 Å². The first-order valence-electron chi connectivity index (χ1n) is 12.9. The van der Waals surface area contributed by atoms with Crippen molar-refractivity contribution >= 4 is 17.5 Å². The number of methoxy groups -OCH3 is 1. The van der Waals surface area contributed by atoms with Gasteiger partial charge in [-0.25, -0.2) is 4.39 Å². The minimum absolute atomic E-state index is 0.00418. The Kier molecular flexibility index (Phi) is 11.5. The Hall–Kier alpha value is -2.97. The number of primary amides is 1. The number of benzene rings is 3. The van der Waals surface area contributed by atoms with Crippen LogP contribution in [0, 0.1) is 5.82 Å². The number of carbonyl (C=O) groups excluding carboxylic acids is 1. The molecule has 0 saturated carbocycles. The molecule has 5 N–H and O–H groups in total. The molecule has 2 atom stereocenters. The Morgan fingerprint density at radius 1 is 1.08 bits per heavy atom. The Morgan fingerprint density at radius 2 is 1.84 bits per heavy atom. The molecule has 0 heterocycles. The zero-order valence-corrected chi connectivity index (χ0v) is 22.8. The Bertz CT molecular complexity index is 1190. The van der Waals surface area contributed by atoms with Gasteiger partial charge in [0.2, 0.25) is 5.91 Å². The fourth-order valence-electron chi connectivity index (χ4n) is 4.54. The highest BCUT2D eigenvalue weighted by molar-refractivity contribution is 6.33. The zero-order chi connectivity index (χ0) is 27.5. The first-order chi connectivity index (χ1) is 18.4. The zero-order valence-electron chi connectivity index (χ0n) is 22.0. The second-order valence-electron chi connectivity index (χ2n) is 9.15. The molecule has 0 radical (unpaired) electrons. The number of nitrogens with two attached hydrogens (primary N) is 2. The third-order valence-corrected chi connectivity index (χ3v) is 6.97. The summed E-state index contributed by atoms with van der Waals surface area (Å²) in [4.78, 5) is 12.3. The number of carbonyl (C=O) groups is 1. The van der Waals surface area contributed by atoms with E-state index >= 15 is 4.39 Å². The van der Waals surface area contributed by atoms with Crippen molar-refractivity contribution in [2.24, 2.45) is 11.5 Å². The van der Waals surface area contributed by atoms with Crippen LogP contribution in [0.4, 0.5) is 4.39 Å². The minimum atomic E-state index is -0.754. The summed E-state index contributed by atoms with van der Waals surface area (Å²) in [5.41, 5.74) is 13.8. The van der Waals surface area contributed by atoms with E-state index in [1.165, 1.54) is 19.2 Å². The molecule has 1 unspecified atom stereocenters. The monoisotopic (exact) mass is 541 g/mol. The average Bonchev–Trinajstić information content (AvgIpc) is 2.92. The highest BCUT2D eigenvalue weighted by atomic mass is 35.5. The normalized spacial score (nSPS) is 12.8. The molecule has 0 aliphatic carbocycles. The topological polar surface area (TPSA) is 99.6 Å². The van der Waals surface area contributed by atoms with Crippen LogP contribution in [0.15, 0.2) is 60.7 Å². The summed E-state index contributed by atoms with van der Waals surface area (Å²) in [5.74, 6) is -1.50. The third-order valence-electron chi connectivity index (χ3n) is 6.64. The number of hydrogen-bond acceptors (Lipinski definition) is 5. The van der Waals surface area contributed by atoms with Crippen LogP contribution < -0.4 is 21.5 Å². The van der Waals surface area contributed by atoms with Crippen molar-refractivity contribution in [3.8, 4) is 16.9 Å². The van der Waals surface area contributed by atoms with E-state index in [0.29, 0.717) is 36.3 Å². The number of halogens is 2. The molecule has 38 heavy (non-hydrogen) atoms. The summed E-state index contributed by atoms with van der Waals surface area (Å²) in [7, 11) is 1.53. The van der Waals surface area contributed by atoms with E-state index in [9.17, 15) is 4.79 Å². The van der Waals surface area contributed by atoms with Crippen molar-refractivity contribution < 1.29 is 18.7 Å². The number of ether oxygens (including phenoxy) is 2. The van der Waals surface area contributed by atoms with Crippen molar-refractivity contribution in [1.29, 1.82) is 0 Å². The van der Waals surface area contributed by atoms with Gasteiger partial charge < -0.3 is 26.3 Å². The Labute approximate surface area is 229 Å². The van der Waals surface area contributed by atoms with Crippen LogP contribution in [0.5, 0.6) is 5.75 Å². The standard InChI is InChI=1S/C30H37ClFN3O3/c1-3-22(10-7-15-33)35-19-25(20-8-5-4-6-9-20)21-11-13-26(31)24(18-21)28-23(30(34)36)12-14-27(29(28)32)38-17-16-37-2/h4-6,8-9,11-14,18,22,25,35H,3,7,10,15-17,19,33H2,1-2H3,(H2,34,36)/t22-,25?/m1/s1. The fourth-order valence-corrected chi connectivity index (χ4v) is 4.75. The maximum Gasteiger partial charge on any atom is 0.249 e. The molecule has 8 heteroatoms. The summed E-state index contributed by atoms with van der Waals surface area (Å²) in [5, 5.41) is 3.99. The van der Waals surface area contributed by atoms with Crippen molar-refractivity contribution in [2.45, 2.75) is 38.1 Å². The van der Waals surface area contributed by atoms with Gasteiger partial charge in [-0.3, -0.25) is 4.79 Å². The summed E-state index contributed by atoms with van der Waals surface area (Å²) >= 11 is 6.61. The van der Waals surface area contributed by atoms with E-state index in [1.54, 1.807) is 6.07 Å². The van der Waals surface area contributed by atoms with E-state index in [1.807, 2.05) is 30.3 Å². The molecular formula is C30H37ClFN3O3. The van der Waals surface area contributed by atoms with Gasteiger partial charge in [0, 0.05) is 41.8 Å². The minimum Gasteiger partial charge on any atom is -0.488 e. The molecule has 0 bridgehead atoms. The molecule has 0 aliphatic heterocycles. The quantitative estimate of drug-likeness (QED) is 0.220.